The molecule has 2 nitrogen and oxygen atoms in total. The largest absolute Gasteiger partial charge is 0.464 e. The maximum absolute atomic E-state index is 10.9. The summed E-state index contributed by atoms with van der Waals surface area (Å²) in [6.45, 7) is 0. The van der Waals surface area contributed by atoms with Gasteiger partial charge in [-0.3, -0.25) is 4.79 Å². The highest BCUT2D eigenvalue weighted by Crippen LogP contribution is 2.31. The Morgan fingerprint density at radius 3 is 2.79 bits per heavy atom. The van der Waals surface area contributed by atoms with Crippen molar-refractivity contribution in [1.29, 1.82) is 0 Å². The van der Waals surface area contributed by atoms with Gasteiger partial charge in [0.2, 0.25) is 5.24 Å². The van der Waals surface area contributed by atoms with E-state index in [4.69, 9.17) is 27.6 Å². The van der Waals surface area contributed by atoms with Crippen LogP contribution in [0.15, 0.2) is 34.9 Å². The van der Waals surface area contributed by atoms with Crippen LogP contribution in [-0.4, -0.2) is 5.24 Å². The molecule has 0 saturated heterocycles. The number of halogens is 2. The van der Waals surface area contributed by atoms with Crippen LogP contribution in [0.5, 0.6) is 0 Å². The van der Waals surface area contributed by atoms with Crippen molar-refractivity contribution in [2.45, 2.75) is 5.38 Å². The molecule has 0 bridgehead atoms. The monoisotopic (exact) mass is 228 g/mol. The van der Waals surface area contributed by atoms with E-state index < -0.39 is 10.6 Å². The van der Waals surface area contributed by atoms with Crippen molar-refractivity contribution in [2.75, 3.05) is 0 Å². The van der Waals surface area contributed by atoms with E-state index >= 15 is 0 Å². The summed E-state index contributed by atoms with van der Waals surface area (Å²) in [7, 11) is 0. The number of alkyl halides is 1. The number of carbonyl (C=O) groups excluding carboxylic acids is 1. The first-order valence-electron chi connectivity index (χ1n) is 3.99. The van der Waals surface area contributed by atoms with Gasteiger partial charge in [-0.15, -0.1) is 11.6 Å². The van der Waals surface area contributed by atoms with Gasteiger partial charge in [0.25, 0.3) is 0 Å². The number of hydrogen-bond acceptors (Lipinski definition) is 2. The maximum Gasteiger partial charge on any atom is 0.244 e. The molecule has 0 aliphatic rings. The summed E-state index contributed by atoms with van der Waals surface area (Å²) >= 11 is 11.1. The Bertz CT molecular complexity index is 476. The second-order valence-electron chi connectivity index (χ2n) is 2.85. The Labute approximate surface area is 90.4 Å². The lowest BCUT2D eigenvalue weighted by Gasteiger charge is -1.99. The highest BCUT2D eigenvalue weighted by Gasteiger charge is 2.19. The molecule has 4 heteroatoms. The van der Waals surface area contributed by atoms with E-state index in [1.165, 1.54) is 6.26 Å². The molecule has 1 atom stereocenters. The normalized spacial score (nSPS) is 13.0. The predicted octanol–water partition coefficient (Wildman–Crippen LogP) is 3.48. The van der Waals surface area contributed by atoms with Gasteiger partial charge in [0.15, 0.2) is 0 Å². The molecule has 2 rings (SSSR count). The zero-order valence-corrected chi connectivity index (χ0v) is 8.55. The fourth-order valence-corrected chi connectivity index (χ4v) is 1.60. The molecule has 0 spiro atoms. The Balaban J connectivity index is 2.58. The molecule has 0 N–H and O–H groups in total. The average Bonchev–Trinajstić information content (AvgIpc) is 2.60. The highest BCUT2D eigenvalue weighted by atomic mass is 35.5. The lowest BCUT2D eigenvalue weighted by molar-refractivity contribution is -0.111. The lowest BCUT2D eigenvalue weighted by Crippen LogP contribution is -1.97. The minimum Gasteiger partial charge on any atom is -0.464 e. The van der Waals surface area contributed by atoms with E-state index in [9.17, 15) is 4.79 Å². The lowest BCUT2D eigenvalue weighted by atomic mass is 10.1. The van der Waals surface area contributed by atoms with Gasteiger partial charge in [-0.1, -0.05) is 18.2 Å². The van der Waals surface area contributed by atoms with Crippen LogP contribution in [0.4, 0.5) is 0 Å². The first-order chi connectivity index (χ1) is 6.70. The third kappa shape index (κ3) is 1.51. The van der Waals surface area contributed by atoms with Crippen molar-refractivity contribution < 1.29 is 9.21 Å². The summed E-state index contributed by atoms with van der Waals surface area (Å²) in [5.41, 5.74) is 1.31. The topological polar surface area (TPSA) is 30.2 Å². The molecular weight excluding hydrogens is 223 g/mol. The predicted molar refractivity (Wildman–Crippen MR) is 55.7 cm³/mol. The number of hydrogen-bond donors (Lipinski definition) is 0. The van der Waals surface area contributed by atoms with E-state index in [1.54, 1.807) is 6.07 Å². The molecule has 0 amide bonds. The van der Waals surface area contributed by atoms with Crippen LogP contribution in [0.1, 0.15) is 10.9 Å². The molecule has 14 heavy (non-hydrogen) atoms. The van der Waals surface area contributed by atoms with E-state index in [-0.39, 0.29) is 0 Å². The molecule has 0 aliphatic heterocycles. The summed E-state index contributed by atoms with van der Waals surface area (Å²) in [4.78, 5) is 10.9. The van der Waals surface area contributed by atoms with E-state index in [0.29, 0.717) is 11.1 Å². The number of para-hydroxylation sites is 1. The van der Waals surface area contributed by atoms with E-state index in [0.717, 1.165) is 5.39 Å². The number of benzene rings is 1. The van der Waals surface area contributed by atoms with Crippen molar-refractivity contribution in [1.82, 2.24) is 0 Å². The molecule has 0 radical (unpaired) electrons. The molecule has 1 unspecified atom stereocenters. The quantitative estimate of drug-likeness (QED) is 0.582. The van der Waals surface area contributed by atoms with Crippen LogP contribution < -0.4 is 0 Å². The van der Waals surface area contributed by atoms with Gasteiger partial charge >= 0.3 is 0 Å². The summed E-state index contributed by atoms with van der Waals surface area (Å²) in [5, 5.41) is -0.625. The average molecular weight is 229 g/mol. The summed E-state index contributed by atoms with van der Waals surface area (Å²) in [5.74, 6) is 0. The fourth-order valence-electron chi connectivity index (χ4n) is 1.32. The third-order valence-corrected chi connectivity index (χ3v) is 2.75. The van der Waals surface area contributed by atoms with Crippen LogP contribution in [-0.2, 0) is 4.79 Å². The smallest absolute Gasteiger partial charge is 0.244 e. The molecule has 0 saturated carbocycles. The Morgan fingerprint density at radius 2 is 2.07 bits per heavy atom. The molecule has 0 fully saturated rings. The van der Waals surface area contributed by atoms with Gasteiger partial charge < -0.3 is 4.42 Å². The van der Waals surface area contributed by atoms with Gasteiger partial charge in [0.05, 0.1) is 6.26 Å². The number of carbonyl (C=O) groups is 1. The Kier molecular flexibility index (Phi) is 2.48. The van der Waals surface area contributed by atoms with Gasteiger partial charge in [0, 0.05) is 10.9 Å². The first-order valence-corrected chi connectivity index (χ1v) is 4.81. The van der Waals surface area contributed by atoms with Crippen molar-refractivity contribution in [3.05, 3.63) is 36.1 Å². The SMILES string of the molecule is O=C(Cl)C(Cl)c1coc2ccccc12. The molecule has 0 aliphatic carbocycles. The molecular formula is C10H6Cl2O2. The molecule has 1 aromatic heterocycles. The van der Waals surface area contributed by atoms with Crippen molar-refractivity contribution >= 4 is 39.4 Å². The Hall–Kier alpha value is -0.990. The van der Waals surface area contributed by atoms with Crippen molar-refractivity contribution in [3.8, 4) is 0 Å². The summed E-state index contributed by atoms with van der Waals surface area (Å²) in [6.07, 6.45) is 1.46. The molecule has 1 aromatic carbocycles. The number of furan rings is 1. The summed E-state index contributed by atoms with van der Waals surface area (Å²) < 4.78 is 5.23. The van der Waals surface area contributed by atoms with Crippen LogP contribution >= 0.6 is 23.2 Å². The van der Waals surface area contributed by atoms with E-state index in [2.05, 4.69) is 0 Å². The van der Waals surface area contributed by atoms with Crippen molar-refractivity contribution in [3.63, 3.8) is 0 Å². The van der Waals surface area contributed by atoms with Gasteiger partial charge in [0.1, 0.15) is 11.0 Å². The van der Waals surface area contributed by atoms with Crippen LogP contribution in [0.2, 0.25) is 0 Å². The van der Waals surface area contributed by atoms with Gasteiger partial charge in [-0.05, 0) is 17.7 Å². The molecule has 2 aromatic rings. The van der Waals surface area contributed by atoms with Crippen LogP contribution in [0.3, 0.4) is 0 Å². The van der Waals surface area contributed by atoms with Crippen LogP contribution in [0, 0.1) is 0 Å². The minimum atomic E-state index is -0.847. The van der Waals surface area contributed by atoms with Gasteiger partial charge in [-0.2, -0.15) is 0 Å². The summed E-state index contributed by atoms with van der Waals surface area (Å²) in [6, 6.07) is 7.34. The second-order valence-corrected chi connectivity index (χ2v) is 3.66. The molecule has 72 valence electrons. The van der Waals surface area contributed by atoms with Crippen LogP contribution in [0.25, 0.3) is 11.0 Å². The fraction of sp³-hybridized carbons (Fsp3) is 0.100. The zero-order valence-electron chi connectivity index (χ0n) is 7.04. The molecule has 1 heterocycles. The third-order valence-electron chi connectivity index (χ3n) is 1.98. The van der Waals surface area contributed by atoms with Crippen molar-refractivity contribution in [2.24, 2.45) is 0 Å². The standard InChI is InChI=1S/C10H6Cl2O2/c11-9(10(12)13)7-5-14-8-4-2-1-3-6(7)8/h1-5,9H. The minimum absolute atomic E-state index is 0.599. The maximum atomic E-state index is 10.9. The Morgan fingerprint density at radius 1 is 1.36 bits per heavy atom. The second kappa shape index (κ2) is 3.64. The zero-order chi connectivity index (χ0) is 10.1. The van der Waals surface area contributed by atoms with E-state index in [1.807, 2.05) is 18.2 Å². The number of rotatable bonds is 2. The highest BCUT2D eigenvalue weighted by molar-refractivity contribution is 6.69. The number of fused-ring (bicyclic) bond motifs is 1. The van der Waals surface area contributed by atoms with Gasteiger partial charge in [-0.25, -0.2) is 0 Å². The first kappa shape index (κ1) is 9.56.